The summed E-state index contributed by atoms with van der Waals surface area (Å²) >= 11 is 0. The number of aromatic hydroxyl groups is 1. The van der Waals surface area contributed by atoms with Crippen LogP contribution in [0.2, 0.25) is 0 Å². The number of amides is 3. The van der Waals surface area contributed by atoms with Crippen LogP contribution < -0.4 is 16.4 Å². The Balaban J connectivity index is 1.66. The Labute approximate surface area is 228 Å². The number of nitrogens with one attached hydrogen (secondary N) is 2. The van der Waals surface area contributed by atoms with Gasteiger partial charge in [0.15, 0.2) is 0 Å². The first-order valence-corrected chi connectivity index (χ1v) is 13.3. The summed E-state index contributed by atoms with van der Waals surface area (Å²) in [5, 5.41) is 24.5. The predicted molar refractivity (Wildman–Crippen MR) is 146 cm³/mol. The maximum absolute atomic E-state index is 13.3. The number of phenols is 1. The van der Waals surface area contributed by atoms with E-state index >= 15 is 0 Å². The first kappa shape index (κ1) is 29.6. The third kappa shape index (κ3) is 8.54. The molecule has 39 heavy (non-hydrogen) atoms. The van der Waals surface area contributed by atoms with Crippen molar-refractivity contribution in [3.05, 3.63) is 65.7 Å². The first-order valence-electron chi connectivity index (χ1n) is 13.3. The molecule has 6 N–H and O–H groups in total. The molecule has 4 atom stereocenters. The van der Waals surface area contributed by atoms with E-state index in [4.69, 9.17) is 5.73 Å². The maximum atomic E-state index is 13.3. The lowest BCUT2D eigenvalue weighted by molar-refractivity contribution is -0.143. The number of phenolic OH excluding ortho intramolecular Hbond substituents is 1. The van der Waals surface area contributed by atoms with Crippen molar-refractivity contribution in [3.8, 4) is 5.75 Å². The molecule has 1 saturated heterocycles. The standard InChI is InChI=1S/C29H38N4O6/c1-18(2)15-23(26(35)32-24(29(38)39)17-19-7-4-3-5-8-19)31-27(36)25-9-6-14-33(25)28(37)22(30)16-20-10-12-21(34)13-11-20/h3-5,7-8,10-13,18,22-25,34H,6,9,14-17,30H2,1-2H3,(H,31,36)(H,32,35)(H,38,39). The van der Waals surface area contributed by atoms with Crippen LogP contribution in [-0.2, 0) is 32.0 Å². The topological polar surface area (TPSA) is 162 Å². The number of aliphatic carboxylic acids is 1. The van der Waals surface area contributed by atoms with E-state index in [2.05, 4.69) is 10.6 Å². The Kier molecular flexibility index (Phi) is 10.4. The fraction of sp³-hybridized carbons (Fsp3) is 0.448. The molecule has 1 aliphatic heterocycles. The average molecular weight is 539 g/mol. The van der Waals surface area contributed by atoms with E-state index < -0.39 is 42.0 Å². The maximum Gasteiger partial charge on any atom is 0.326 e. The normalized spacial score (nSPS) is 17.3. The van der Waals surface area contributed by atoms with Gasteiger partial charge in [0.05, 0.1) is 6.04 Å². The molecule has 1 aliphatic rings. The quantitative estimate of drug-likeness (QED) is 0.274. The predicted octanol–water partition coefficient (Wildman–Crippen LogP) is 1.60. The van der Waals surface area contributed by atoms with Gasteiger partial charge in [-0.3, -0.25) is 14.4 Å². The summed E-state index contributed by atoms with van der Waals surface area (Å²) < 4.78 is 0. The molecule has 10 heteroatoms. The molecule has 4 unspecified atom stereocenters. The third-order valence-corrected chi connectivity index (χ3v) is 6.79. The van der Waals surface area contributed by atoms with Crippen LogP contribution in [0.5, 0.6) is 5.75 Å². The minimum absolute atomic E-state index is 0.0403. The minimum Gasteiger partial charge on any atom is -0.508 e. The van der Waals surface area contributed by atoms with Gasteiger partial charge in [0.2, 0.25) is 17.7 Å². The monoisotopic (exact) mass is 538 g/mol. The molecule has 0 spiro atoms. The molecule has 2 aromatic rings. The second-order valence-electron chi connectivity index (χ2n) is 10.4. The SMILES string of the molecule is CC(C)CC(NC(=O)C1CCCN1C(=O)C(N)Cc1ccc(O)cc1)C(=O)NC(Cc1ccccc1)C(=O)O. The van der Waals surface area contributed by atoms with E-state index in [1.54, 1.807) is 36.4 Å². The molecular formula is C29H38N4O6. The second-order valence-corrected chi connectivity index (χ2v) is 10.4. The number of benzene rings is 2. The molecule has 0 aliphatic carbocycles. The number of hydrogen-bond acceptors (Lipinski definition) is 6. The van der Waals surface area contributed by atoms with Gasteiger partial charge in [-0.2, -0.15) is 0 Å². The zero-order valence-corrected chi connectivity index (χ0v) is 22.4. The fourth-order valence-electron chi connectivity index (χ4n) is 4.78. The van der Waals surface area contributed by atoms with Gasteiger partial charge in [-0.15, -0.1) is 0 Å². The highest BCUT2D eigenvalue weighted by molar-refractivity contribution is 5.94. The summed E-state index contributed by atoms with van der Waals surface area (Å²) in [4.78, 5) is 53.0. The van der Waals surface area contributed by atoms with Crippen LogP contribution in [0.4, 0.5) is 0 Å². The largest absolute Gasteiger partial charge is 0.508 e. The number of carboxylic acid groups (broad SMARTS) is 1. The highest BCUT2D eigenvalue weighted by atomic mass is 16.4. The number of rotatable bonds is 12. The number of likely N-dealkylation sites (tertiary alicyclic amines) is 1. The molecule has 0 radical (unpaired) electrons. The summed E-state index contributed by atoms with van der Waals surface area (Å²) in [6, 6.07) is 11.6. The van der Waals surface area contributed by atoms with Crippen LogP contribution in [0.25, 0.3) is 0 Å². The van der Waals surface area contributed by atoms with Crippen LogP contribution in [0, 0.1) is 5.92 Å². The first-order chi connectivity index (χ1) is 18.5. The van der Waals surface area contributed by atoms with Gasteiger partial charge < -0.3 is 31.5 Å². The number of nitrogens with zero attached hydrogens (tertiary/aromatic N) is 1. The molecule has 1 heterocycles. The van der Waals surface area contributed by atoms with Crippen molar-refractivity contribution in [2.24, 2.45) is 11.7 Å². The Morgan fingerprint density at radius 1 is 0.949 bits per heavy atom. The number of carboxylic acids is 1. The van der Waals surface area contributed by atoms with Crippen LogP contribution in [0.3, 0.4) is 0 Å². The van der Waals surface area contributed by atoms with Gasteiger partial charge in [-0.05, 0) is 54.9 Å². The van der Waals surface area contributed by atoms with Gasteiger partial charge >= 0.3 is 5.97 Å². The molecular weight excluding hydrogens is 500 g/mol. The van der Waals surface area contributed by atoms with Crippen LogP contribution >= 0.6 is 0 Å². The number of hydrogen-bond donors (Lipinski definition) is 5. The molecule has 0 saturated carbocycles. The average Bonchev–Trinajstić information content (AvgIpc) is 3.39. The van der Waals surface area contributed by atoms with Crippen LogP contribution in [0.15, 0.2) is 54.6 Å². The molecule has 0 bridgehead atoms. The molecule has 2 aromatic carbocycles. The van der Waals surface area contributed by atoms with E-state index in [0.717, 1.165) is 11.1 Å². The van der Waals surface area contributed by atoms with E-state index in [1.165, 1.54) is 17.0 Å². The van der Waals surface area contributed by atoms with Crippen LogP contribution in [0.1, 0.15) is 44.2 Å². The number of carbonyl (C=O) groups is 4. The smallest absolute Gasteiger partial charge is 0.326 e. The van der Waals surface area contributed by atoms with Crippen LogP contribution in [-0.4, -0.2) is 69.5 Å². The fourth-order valence-corrected chi connectivity index (χ4v) is 4.78. The Morgan fingerprint density at radius 3 is 2.21 bits per heavy atom. The second kappa shape index (κ2) is 13.7. The van der Waals surface area contributed by atoms with Gasteiger partial charge in [-0.25, -0.2) is 4.79 Å². The lowest BCUT2D eigenvalue weighted by atomic mass is 10.0. The van der Waals surface area contributed by atoms with Gasteiger partial charge in [0.1, 0.15) is 23.9 Å². The van der Waals surface area contributed by atoms with E-state index in [0.29, 0.717) is 25.8 Å². The molecule has 10 nitrogen and oxygen atoms in total. The highest BCUT2D eigenvalue weighted by Crippen LogP contribution is 2.20. The number of carbonyl (C=O) groups excluding carboxylic acids is 3. The molecule has 3 rings (SSSR count). The van der Waals surface area contributed by atoms with Crippen molar-refractivity contribution in [3.63, 3.8) is 0 Å². The van der Waals surface area contributed by atoms with E-state index in [9.17, 15) is 29.4 Å². The summed E-state index contributed by atoms with van der Waals surface area (Å²) in [7, 11) is 0. The Bertz CT molecular complexity index is 1140. The van der Waals surface area contributed by atoms with E-state index in [1.807, 2.05) is 19.9 Å². The Hall–Kier alpha value is -3.92. The highest BCUT2D eigenvalue weighted by Gasteiger charge is 2.38. The van der Waals surface area contributed by atoms with Crippen molar-refractivity contribution >= 4 is 23.7 Å². The molecule has 3 amide bonds. The number of nitrogens with two attached hydrogens (primary N) is 1. The zero-order valence-electron chi connectivity index (χ0n) is 22.4. The summed E-state index contributed by atoms with van der Waals surface area (Å²) in [6.45, 7) is 4.18. The van der Waals surface area contributed by atoms with Gasteiger partial charge in [0.25, 0.3) is 0 Å². The van der Waals surface area contributed by atoms with Gasteiger partial charge in [-0.1, -0.05) is 56.3 Å². The molecule has 1 fully saturated rings. The summed E-state index contributed by atoms with van der Waals surface area (Å²) in [6.07, 6.45) is 1.71. The van der Waals surface area contributed by atoms with Crippen molar-refractivity contribution < 1.29 is 29.4 Å². The van der Waals surface area contributed by atoms with Crippen molar-refractivity contribution in [2.45, 2.75) is 70.1 Å². The van der Waals surface area contributed by atoms with Crippen molar-refractivity contribution in [1.82, 2.24) is 15.5 Å². The lowest BCUT2D eigenvalue weighted by Gasteiger charge is -2.29. The summed E-state index contributed by atoms with van der Waals surface area (Å²) in [5.41, 5.74) is 7.73. The third-order valence-electron chi connectivity index (χ3n) is 6.79. The minimum atomic E-state index is -1.17. The Morgan fingerprint density at radius 2 is 1.59 bits per heavy atom. The van der Waals surface area contributed by atoms with Crippen molar-refractivity contribution in [2.75, 3.05) is 6.54 Å². The molecule has 210 valence electrons. The molecule has 0 aromatic heterocycles. The summed E-state index contributed by atoms with van der Waals surface area (Å²) in [5.74, 6) is -2.42. The van der Waals surface area contributed by atoms with Gasteiger partial charge in [0, 0.05) is 13.0 Å². The zero-order chi connectivity index (χ0) is 28.5. The van der Waals surface area contributed by atoms with E-state index in [-0.39, 0.29) is 30.4 Å². The van der Waals surface area contributed by atoms with Crippen molar-refractivity contribution in [1.29, 1.82) is 0 Å². The lowest BCUT2D eigenvalue weighted by Crippen LogP contribution is -2.57.